The summed E-state index contributed by atoms with van der Waals surface area (Å²) in [6.45, 7) is 7.74. The molecule has 6 heteroatoms. The number of carbonyl (C=O) groups is 2. The second kappa shape index (κ2) is 9.13. The molecule has 3 aromatic rings. The van der Waals surface area contributed by atoms with Crippen LogP contribution in [0.2, 0.25) is 0 Å². The molecule has 0 unspecified atom stereocenters. The molecule has 1 N–H and O–H groups in total. The van der Waals surface area contributed by atoms with Crippen molar-refractivity contribution in [3.8, 4) is 16.9 Å². The molecular formula is C24H25NO4S. The van der Waals surface area contributed by atoms with E-state index in [0.717, 1.165) is 33.4 Å². The summed E-state index contributed by atoms with van der Waals surface area (Å²) in [6, 6.07) is 11.9. The number of aryl methyl sites for hydroxylation is 4. The largest absolute Gasteiger partial charge is 0.483 e. The van der Waals surface area contributed by atoms with Crippen LogP contribution in [0.25, 0.3) is 11.1 Å². The maximum atomic E-state index is 12.5. The molecule has 1 aromatic heterocycles. The smallest absolute Gasteiger partial charge is 0.341 e. The maximum Gasteiger partial charge on any atom is 0.341 e. The van der Waals surface area contributed by atoms with Gasteiger partial charge in [0.2, 0.25) is 0 Å². The molecule has 0 aliphatic carbocycles. The van der Waals surface area contributed by atoms with Gasteiger partial charge in [-0.1, -0.05) is 35.9 Å². The van der Waals surface area contributed by atoms with E-state index in [4.69, 9.17) is 9.47 Å². The molecule has 0 aliphatic rings. The van der Waals surface area contributed by atoms with Crippen LogP contribution in [0.5, 0.6) is 5.75 Å². The molecule has 1 amide bonds. The summed E-state index contributed by atoms with van der Waals surface area (Å²) in [4.78, 5) is 25.1. The van der Waals surface area contributed by atoms with Crippen molar-refractivity contribution >= 4 is 28.2 Å². The van der Waals surface area contributed by atoms with Crippen LogP contribution < -0.4 is 10.1 Å². The number of nitrogens with one attached hydrogen (secondary N) is 1. The maximum absolute atomic E-state index is 12.5. The summed E-state index contributed by atoms with van der Waals surface area (Å²) in [6.07, 6.45) is 0. The molecule has 0 saturated heterocycles. The predicted molar refractivity (Wildman–Crippen MR) is 121 cm³/mol. The number of rotatable bonds is 6. The van der Waals surface area contributed by atoms with Crippen LogP contribution in [-0.2, 0) is 9.53 Å². The minimum atomic E-state index is -0.488. The van der Waals surface area contributed by atoms with Gasteiger partial charge in [-0.25, -0.2) is 4.79 Å². The van der Waals surface area contributed by atoms with Crippen molar-refractivity contribution in [3.63, 3.8) is 0 Å². The van der Waals surface area contributed by atoms with E-state index in [9.17, 15) is 9.59 Å². The van der Waals surface area contributed by atoms with E-state index < -0.39 is 5.97 Å². The first-order valence-electron chi connectivity index (χ1n) is 9.57. The second-order valence-corrected chi connectivity index (χ2v) is 8.15. The Morgan fingerprint density at radius 3 is 2.30 bits per heavy atom. The van der Waals surface area contributed by atoms with Crippen molar-refractivity contribution in [1.82, 2.24) is 0 Å². The Balaban J connectivity index is 1.84. The molecule has 3 rings (SSSR count). The summed E-state index contributed by atoms with van der Waals surface area (Å²) in [7, 11) is 1.34. The molecule has 1 heterocycles. The SMILES string of the molecule is COC(=O)c1c(-c2cc(C)ccc2C)csc1NC(=O)COc1cc(C)ccc1C. The van der Waals surface area contributed by atoms with Gasteiger partial charge in [-0.3, -0.25) is 4.79 Å². The van der Waals surface area contributed by atoms with E-state index in [1.807, 2.05) is 69.5 Å². The highest BCUT2D eigenvalue weighted by Gasteiger charge is 2.23. The van der Waals surface area contributed by atoms with Crippen LogP contribution >= 0.6 is 11.3 Å². The number of benzene rings is 2. The second-order valence-electron chi connectivity index (χ2n) is 7.27. The fraction of sp³-hybridized carbons (Fsp3) is 0.250. The van der Waals surface area contributed by atoms with E-state index in [2.05, 4.69) is 5.32 Å². The molecule has 156 valence electrons. The van der Waals surface area contributed by atoms with Crippen LogP contribution in [0, 0.1) is 27.7 Å². The number of ether oxygens (including phenoxy) is 2. The van der Waals surface area contributed by atoms with Crippen molar-refractivity contribution in [3.05, 3.63) is 69.6 Å². The predicted octanol–water partition coefficient (Wildman–Crippen LogP) is 5.45. The summed E-state index contributed by atoms with van der Waals surface area (Å²) in [5, 5.41) is 5.13. The van der Waals surface area contributed by atoms with E-state index in [1.54, 1.807) is 0 Å². The number of amides is 1. The Bertz CT molecular complexity index is 1100. The van der Waals surface area contributed by atoms with Crippen molar-refractivity contribution in [2.75, 3.05) is 19.0 Å². The van der Waals surface area contributed by atoms with Gasteiger partial charge in [-0.05, 0) is 56.0 Å². The topological polar surface area (TPSA) is 64.6 Å². The summed E-state index contributed by atoms with van der Waals surface area (Å²) >= 11 is 1.30. The van der Waals surface area contributed by atoms with Crippen molar-refractivity contribution in [2.45, 2.75) is 27.7 Å². The van der Waals surface area contributed by atoms with Gasteiger partial charge < -0.3 is 14.8 Å². The average Bonchev–Trinajstić information content (AvgIpc) is 3.13. The lowest BCUT2D eigenvalue weighted by Gasteiger charge is -2.11. The fourth-order valence-electron chi connectivity index (χ4n) is 3.15. The third-order valence-electron chi connectivity index (χ3n) is 4.82. The quantitative estimate of drug-likeness (QED) is 0.535. The van der Waals surface area contributed by atoms with Gasteiger partial charge in [0.25, 0.3) is 5.91 Å². The molecule has 0 atom stereocenters. The Hall–Kier alpha value is -3.12. The first-order chi connectivity index (χ1) is 14.3. The third kappa shape index (κ3) is 4.71. The molecule has 2 aromatic carbocycles. The number of esters is 1. The normalized spacial score (nSPS) is 10.6. The lowest BCUT2D eigenvalue weighted by Crippen LogP contribution is -2.21. The lowest BCUT2D eigenvalue weighted by molar-refractivity contribution is -0.118. The molecular weight excluding hydrogens is 398 g/mol. The van der Waals surface area contributed by atoms with E-state index in [-0.39, 0.29) is 12.5 Å². The number of hydrogen-bond acceptors (Lipinski definition) is 5. The van der Waals surface area contributed by atoms with Crippen LogP contribution in [0.15, 0.2) is 41.8 Å². The van der Waals surface area contributed by atoms with Crippen molar-refractivity contribution in [1.29, 1.82) is 0 Å². The Morgan fingerprint density at radius 2 is 1.60 bits per heavy atom. The van der Waals surface area contributed by atoms with Gasteiger partial charge >= 0.3 is 5.97 Å². The molecule has 0 saturated carbocycles. The molecule has 0 bridgehead atoms. The first kappa shape index (κ1) is 21.6. The highest BCUT2D eigenvalue weighted by molar-refractivity contribution is 7.15. The van der Waals surface area contributed by atoms with Gasteiger partial charge in [0.1, 0.15) is 16.3 Å². The van der Waals surface area contributed by atoms with Gasteiger partial charge in [-0.15, -0.1) is 11.3 Å². The van der Waals surface area contributed by atoms with Gasteiger partial charge in [0.05, 0.1) is 7.11 Å². The molecule has 0 aliphatic heterocycles. The van der Waals surface area contributed by atoms with E-state index >= 15 is 0 Å². The summed E-state index contributed by atoms with van der Waals surface area (Å²) in [5.41, 5.74) is 6.19. The summed E-state index contributed by atoms with van der Waals surface area (Å²) in [5.74, 6) is -0.158. The fourth-order valence-corrected chi connectivity index (χ4v) is 4.11. The molecule has 30 heavy (non-hydrogen) atoms. The standard InChI is InChI=1S/C24H25NO4S/c1-14-6-8-16(3)18(10-14)19-13-30-23(22(19)24(27)28-5)25-21(26)12-29-20-11-15(2)7-9-17(20)4/h6-11,13H,12H2,1-5H3,(H,25,26). The van der Waals surface area contributed by atoms with Gasteiger partial charge in [0.15, 0.2) is 6.61 Å². The van der Waals surface area contributed by atoms with E-state index in [0.29, 0.717) is 16.3 Å². The number of thiophene rings is 1. The van der Waals surface area contributed by atoms with Gasteiger partial charge in [-0.2, -0.15) is 0 Å². The summed E-state index contributed by atoms with van der Waals surface area (Å²) < 4.78 is 10.7. The zero-order valence-corrected chi connectivity index (χ0v) is 18.6. The van der Waals surface area contributed by atoms with Crippen LogP contribution in [-0.4, -0.2) is 25.6 Å². The zero-order valence-electron chi connectivity index (χ0n) is 17.8. The number of carbonyl (C=O) groups excluding carboxylic acids is 2. The monoisotopic (exact) mass is 423 g/mol. The van der Waals surface area contributed by atoms with Crippen LogP contribution in [0.1, 0.15) is 32.6 Å². The minimum Gasteiger partial charge on any atom is -0.483 e. The minimum absolute atomic E-state index is 0.151. The van der Waals surface area contributed by atoms with Crippen molar-refractivity contribution in [2.24, 2.45) is 0 Å². The highest BCUT2D eigenvalue weighted by atomic mass is 32.1. The first-order valence-corrected chi connectivity index (χ1v) is 10.5. The average molecular weight is 424 g/mol. The number of anilines is 1. The third-order valence-corrected chi connectivity index (χ3v) is 5.71. The zero-order chi connectivity index (χ0) is 21.8. The van der Waals surface area contributed by atoms with Gasteiger partial charge in [0, 0.05) is 10.9 Å². The molecule has 0 spiro atoms. The molecule has 5 nitrogen and oxygen atoms in total. The van der Waals surface area contributed by atoms with Crippen LogP contribution in [0.3, 0.4) is 0 Å². The van der Waals surface area contributed by atoms with Crippen LogP contribution in [0.4, 0.5) is 5.00 Å². The van der Waals surface area contributed by atoms with Crippen molar-refractivity contribution < 1.29 is 19.1 Å². The van der Waals surface area contributed by atoms with E-state index in [1.165, 1.54) is 18.4 Å². The lowest BCUT2D eigenvalue weighted by atomic mass is 9.97. The molecule has 0 fully saturated rings. The Morgan fingerprint density at radius 1 is 0.933 bits per heavy atom. The highest BCUT2D eigenvalue weighted by Crippen LogP contribution is 2.38. The number of methoxy groups -OCH3 is 1. The Kier molecular flexibility index (Phi) is 6.57. The molecule has 0 radical (unpaired) electrons. The number of hydrogen-bond donors (Lipinski definition) is 1. The Labute approximate surface area is 180 Å².